The van der Waals surface area contributed by atoms with Crippen LogP contribution in [0, 0.1) is 6.92 Å². The van der Waals surface area contributed by atoms with Gasteiger partial charge < -0.3 is 24.8 Å². The Morgan fingerprint density at radius 2 is 1.81 bits per heavy atom. The van der Waals surface area contributed by atoms with Crippen LogP contribution in [0.5, 0.6) is 0 Å². The minimum absolute atomic E-state index is 0.186. The Morgan fingerprint density at radius 1 is 1.09 bits per heavy atom. The number of aromatic nitrogens is 1. The summed E-state index contributed by atoms with van der Waals surface area (Å²) in [6.45, 7) is 6.59. The number of anilines is 1. The summed E-state index contributed by atoms with van der Waals surface area (Å²) >= 11 is 1.61. The Morgan fingerprint density at radius 3 is 2.50 bits per heavy atom. The number of amides is 2. The lowest BCUT2D eigenvalue weighted by Crippen LogP contribution is -2.36. The van der Waals surface area contributed by atoms with Crippen LogP contribution in [-0.4, -0.2) is 50.5 Å². The summed E-state index contributed by atoms with van der Waals surface area (Å²) < 4.78 is 7.63. The summed E-state index contributed by atoms with van der Waals surface area (Å²) in [6.07, 6.45) is 0. The number of aryl methyl sites for hydroxylation is 1. The quantitative estimate of drug-likeness (QED) is 0.602. The first kappa shape index (κ1) is 22.1. The molecule has 8 heteroatoms. The van der Waals surface area contributed by atoms with E-state index < -0.39 is 0 Å². The van der Waals surface area contributed by atoms with E-state index in [0.29, 0.717) is 13.1 Å². The summed E-state index contributed by atoms with van der Waals surface area (Å²) in [4.78, 5) is 19.7. The third kappa shape index (κ3) is 5.38. The van der Waals surface area contributed by atoms with Gasteiger partial charge in [-0.15, -0.1) is 11.3 Å². The maximum Gasteiger partial charge on any atom is 0.314 e. The van der Waals surface area contributed by atoms with E-state index in [0.717, 1.165) is 48.0 Å². The fourth-order valence-electron chi connectivity index (χ4n) is 3.63. The normalized spacial score (nSPS) is 14.4. The zero-order valence-corrected chi connectivity index (χ0v) is 19.3. The lowest BCUT2D eigenvalue weighted by molar-refractivity contribution is 0.122. The Bertz CT molecular complexity index is 1100. The van der Waals surface area contributed by atoms with Crippen molar-refractivity contribution in [3.63, 3.8) is 0 Å². The van der Waals surface area contributed by atoms with Crippen molar-refractivity contribution >= 4 is 28.7 Å². The minimum atomic E-state index is -0.186. The molecule has 1 saturated heterocycles. The van der Waals surface area contributed by atoms with E-state index in [2.05, 4.69) is 68.8 Å². The number of carbonyl (C=O) groups is 1. The molecule has 0 saturated carbocycles. The number of hydrogen-bond acceptors (Lipinski definition) is 5. The number of ether oxygens (including phenoxy) is 1. The lowest BCUT2D eigenvalue weighted by atomic mass is 10.1. The maximum absolute atomic E-state index is 11.6. The van der Waals surface area contributed by atoms with Gasteiger partial charge >= 0.3 is 6.03 Å². The number of rotatable bonds is 6. The van der Waals surface area contributed by atoms with Crippen LogP contribution in [0.3, 0.4) is 0 Å². The second-order valence-corrected chi connectivity index (χ2v) is 8.49. The van der Waals surface area contributed by atoms with Gasteiger partial charge in [-0.2, -0.15) is 0 Å². The van der Waals surface area contributed by atoms with Crippen molar-refractivity contribution in [1.82, 2.24) is 15.2 Å². The van der Waals surface area contributed by atoms with Gasteiger partial charge in [0.15, 0.2) is 4.80 Å². The molecule has 2 heterocycles. The average Bonchev–Trinajstić information content (AvgIpc) is 3.23. The fraction of sp³-hybridized carbons (Fsp3) is 0.333. The standard InChI is InChI=1S/C24H29N5O2S/c1-18-3-7-20(8-4-18)27-24-29(12-11-26-23(30)25-2)22(17-32-24)19-5-9-21(10-6-19)28-13-15-31-16-14-28/h3-10,17H,11-16H2,1-2H3,(H2,25,26,30). The van der Waals surface area contributed by atoms with Gasteiger partial charge in [-0.25, -0.2) is 9.79 Å². The molecule has 32 heavy (non-hydrogen) atoms. The van der Waals surface area contributed by atoms with Crippen LogP contribution in [0.15, 0.2) is 58.9 Å². The largest absolute Gasteiger partial charge is 0.378 e. The SMILES string of the molecule is CNC(=O)NCCn1c(-c2ccc(N3CCOCC3)cc2)csc1=Nc1ccc(C)cc1. The molecule has 1 aliphatic rings. The number of nitrogens with one attached hydrogen (secondary N) is 2. The lowest BCUT2D eigenvalue weighted by Gasteiger charge is -2.28. The van der Waals surface area contributed by atoms with Crippen LogP contribution in [0.1, 0.15) is 5.56 Å². The second-order valence-electron chi connectivity index (χ2n) is 7.65. The molecule has 2 amide bonds. The molecule has 4 rings (SSSR count). The van der Waals surface area contributed by atoms with Crippen LogP contribution in [0.25, 0.3) is 11.3 Å². The molecule has 1 aliphatic heterocycles. The number of hydrogen-bond donors (Lipinski definition) is 2. The van der Waals surface area contributed by atoms with Gasteiger partial charge in [0.2, 0.25) is 0 Å². The van der Waals surface area contributed by atoms with E-state index in [1.165, 1.54) is 11.3 Å². The van der Waals surface area contributed by atoms with E-state index in [4.69, 9.17) is 9.73 Å². The highest BCUT2D eigenvalue weighted by molar-refractivity contribution is 7.07. The van der Waals surface area contributed by atoms with Gasteiger partial charge in [-0.3, -0.25) is 0 Å². The average molecular weight is 452 g/mol. The number of morpholine rings is 1. The van der Waals surface area contributed by atoms with Gasteiger partial charge in [0.1, 0.15) is 0 Å². The molecule has 2 N–H and O–H groups in total. The molecule has 7 nitrogen and oxygen atoms in total. The van der Waals surface area contributed by atoms with E-state index in [1.54, 1.807) is 18.4 Å². The molecule has 0 spiro atoms. The van der Waals surface area contributed by atoms with Crippen molar-refractivity contribution in [2.45, 2.75) is 13.5 Å². The summed E-state index contributed by atoms with van der Waals surface area (Å²) in [5.74, 6) is 0. The van der Waals surface area contributed by atoms with Gasteiger partial charge in [0.05, 0.1) is 24.6 Å². The first-order valence-corrected chi connectivity index (χ1v) is 11.7. The number of nitrogens with zero attached hydrogens (tertiary/aromatic N) is 3. The van der Waals surface area contributed by atoms with Gasteiger partial charge in [0, 0.05) is 44.3 Å². The molecule has 1 aromatic heterocycles. The third-order valence-corrected chi connectivity index (χ3v) is 6.31. The van der Waals surface area contributed by atoms with Crippen molar-refractivity contribution in [2.24, 2.45) is 4.99 Å². The van der Waals surface area contributed by atoms with Gasteiger partial charge in [0.25, 0.3) is 0 Å². The minimum Gasteiger partial charge on any atom is -0.378 e. The molecule has 0 bridgehead atoms. The first-order chi connectivity index (χ1) is 15.6. The zero-order valence-electron chi connectivity index (χ0n) is 18.5. The molecular formula is C24H29N5O2S. The van der Waals surface area contributed by atoms with Crippen molar-refractivity contribution in [3.8, 4) is 11.3 Å². The molecule has 1 fully saturated rings. The smallest absolute Gasteiger partial charge is 0.314 e. The second kappa shape index (κ2) is 10.5. The number of carbonyl (C=O) groups excluding carboxylic acids is 1. The first-order valence-electron chi connectivity index (χ1n) is 10.8. The molecule has 0 unspecified atom stereocenters. The Labute approximate surface area is 192 Å². The predicted octanol–water partition coefficient (Wildman–Crippen LogP) is 3.52. The molecular weight excluding hydrogens is 422 g/mol. The molecule has 168 valence electrons. The topological polar surface area (TPSA) is 70.9 Å². The number of thiazole rings is 1. The Hall–Kier alpha value is -3.10. The monoisotopic (exact) mass is 451 g/mol. The molecule has 0 atom stereocenters. The van der Waals surface area contributed by atoms with Crippen LogP contribution in [-0.2, 0) is 11.3 Å². The van der Waals surface area contributed by atoms with E-state index in [1.807, 2.05) is 12.1 Å². The summed E-state index contributed by atoms with van der Waals surface area (Å²) in [5.41, 5.74) is 5.56. The fourth-order valence-corrected chi connectivity index (χ4v) is 4.58. The molecule has 0 radical (unpaired) electrons. The Kier molecular flexibility index (Phi) is 7.24. The van der Waals surface area contributed by atoms with Crippen molar-refractivity contribution in [3.05, 3.63) is 64.3 Å². The van der Waals surface area contributed by atoms with E-state index in [-0.39, 0.29) is 6.03 Å². The summed E-state index contributed by atoms with van der Waals surface area (Å²) in [5, 5.41) is 7.60. The van der Waals surface area contributed by atoms with Gasteiger partial charge in [-0.05, 0) is 36.8 Å². The van der Waals surface area contributed by atoms with E-state index in [9.17, 15) is 4.79 Å². The highest BCUT2D eigenvalue weighted by atomic mass is 32.1. The van der Waals surface area contributed by atoms with Crippen molar-refractivity contribution < 1.29 is 9.53 Å². The Balaban J connectivity index is 1.63. The molecule has 3 aromatic rings. The highest BCUT2D eigenvalue weighted by Gasteiger charge is 2.13. The van der Waals surface area contributed by atoms with Crippen LogP contribution in [0.4, 0.5) is 16.2 Å². The summed E-state index contributed by atoms with van der Waals surface area (Å²) in [7, 11) is 1.62. The van der Waals surface area contributed by atoms with Crippen molar-refractivity contribution in [1.29, 1.82) is 0 Å². The third-order valence-electron chi connectivity index (χ3n) is 5.44. The van der Waals surface area contributed by atoms with Crippen LogP contribution in [0.2, 0.25) is 0 Å². The van der Waals surface area contributed by atoms with E-state index >= 15 is 0 Å². The number of benzene rings is 2. The van der Waals surface area contributed by atoms with Crippen molar-refractivity contribution in [2.75, 3.05) is 44.8 Å². The highest BCUT2D eigenvalue weighted by Crippen LogP contribution is 2.25. The number of urea groups is 1. The maximum atomic E-state index is 11.6. The van der Waals surface area contributed by atoms with Crippen LogP contribution >= 0.6 is 11.3 Å². The molecule has 2 aromatic carbocycles. The molecule has 0 aliphatic carbocycles. The van der Waals surface area contributed by atoms with Crippen LogP contribution < -0.4 is 20.3 Å². The van der Waals surface area contributed by atoms with Gasteiger partial charge in [-0.1, -0.05) is 29.8 Å². The zero-order chi connectivity index (χ0) is 22.3. The summed E-state index contributed by atoms with van der Waals surface area (Å²) in [6, 6.07) is 16.7. The predicted molar refractivity (Wildman–Crippen MR) is 130 cm³/mol.